The predicted molar refractivity (Wildman–Crippen MR) is 189 cm³/mol. The average molecular weight is 595 g/mol. The Morgan fingerprint density at radius 2 is 0.739 bits per heavy atom. The van der Waals surface area contributed by atoms with Crippen molar-refractivity contribution in [2.24, 2.45) is 0 Å². The molecule has 222 valence electrons. The zero-order valence-electron chi connectivity index (χ0n) is 26.5. The highest BCUT2D eigenvalue weighted by Gasteiger charge is 2.21. The predicted octanol–water partition coefficient (Wildman–Crippen LogP) is 10.5. The molecule has 0 radical (unpaired) electrons. The summed E-state index contributed by atoms with van der Waals surface area (Å²) >= 11 is 0. The van der Waals surface area contributed by atoms with E-state index in [0.717, 1.165) is 33.6 Å². The van der Waals surface area contributed by atoms with Gasteiger partial charge in [0.25, 0.3) is 0 Å². The van der Waals surface area contributed by atoms with E-state index in [1.54, 1.807) is 12.4 Å². The normalized spacial score (nSPS) is 11.0. The summed E-state index contributed by atoms with van der Waals surface area (Å²) in [7, 11) is 0. The first-order chi connectivity index (χ1) is 22.5. The molecule has 7 aromatic rings. The van der Waals surface area contributed by atoms with Crippen molar-refractivity contribution in [3.05, 3.63) is 156 Å². The van der Waals surface area contributed by atoms with Gasteiger partial charge in [0.05, 0.1) is 11.4 Å². The van der Waals surface area contributed by atoms with E-state index in [2.05, 4.69) is 110 Å². The standard InChI is InChI=1S/C42H34N4/c1-27-28(2)42(38-16-8-6-14-36(38)32-18-20-40(46-26-32)34-12-10-22-44-24-34)30(4)29(3)41(27)37-15-7-5-13-35(37)31-17-19-39(45-25-31)33-11-9-21-43-23-33/h5-26H,1-4H3. The maximum atomic E-state index is 4.81. The molecule has 7 rings (SSSR count). The van der Waals surface area contributed by atoms with Crippen LogP contribution in [0.3, 0.4) is 0 Å². The minimum Gasteiger partial charge on any atom is -0.264 e. The molecule has 0 unspecified atom stereocenters. The number of aromatic nitrogens is 4. The van der Waals surface area contributed by atoms with Gasteiger partial charge in [-0.05, 0) is 120 Å². The number of hydrogen-bond acceptors (Lipinski definition) is 4. The quantitative estimate of drug-likeness (QED) is 0.192. The van der Waals surface area contributed by atoms with Gasteiger partial charge in [0, 0.05) is 59.4 Å². The molecule has 0 saturated carbocycles. The van der Waals surface area contributed by atoms with Gasteiger partial charge in [0.2, 0.25) is 0 Å². The molecule has 0 spiro atoms. The lowest BCUT2D eigenvalue weighted by molar-refractivity contribution is 1.24. The van der Waals surface area contributed by atoms with Gasteiger partial charge in [-0.15, -0.1) is 0 Å². The van der Waals surface area contributed by atoms with Crippen LogP contribution in [0.4, 0.5) is 0 Å². The molecule has 4 aromatic heterocycles. The summed E-state index contributed by atoms with van der Waals surface area (Å²) in [5, 5.41) is 0. The third-order valence-electron chi connectivity index (χ3n) is 9.08. The van der Waals surface area contributed by atoms with E-state index in [-0.39, 0.29) is 0 Å². The summed E-state index contributed by atoms with van der Waals surface area (Å²) in [4.78, 5) is 18.1. The van der Waals surface area contributed by atoms with Crippen LogP contribution in [0.1, 0.15) is 22.3 Å². The topological polar surface area (TPSA) is 51.6 Å². The van der Waals surface area contributed by atoms with Crippen molar-refractivity contribution >= 4 is 0 Å². The zero-order valence-corrected chi connectivity index (χ0v) is 26.5. The molecule has 0 atom stereocenters. The Kier molecular flexibility index (Phi) is 7.78. The molecule has 0 saturated heterocycles. The highest BCUT2D eigenvalue weighted by molar-refractivity contribution is 5.93. The molecule has 3 aromatic carbocycles. The van der Waals surface area contributed by atoms with E-state index in [0.29, 0.717) is 0 Å². The summed E-state index contributed by atoms with van der Waals surface area (Å²) < 4.78 is 0. The van der Waals surface area contributed by atoms with Crippen molar-refractivity contribution in [2.45, 2.75) is 27.7 Å². The number of pyridine rings is 4. The van der Waals surface area contributed by atoms with Crippen molar-refractivity contribution in [3.8, 4) is 67.0 Å². The smallest absolute Gasteiger partial charge is 0.0717 e. The van der Waals surface area contributed by atoms with Gasteiger partial charge < -0.3 is 0 Å². The molecule has 0 N–H and O–H groups in total. The summed E-state index contributed by atoms with van der Waals surface area (Å²) in [5.41, 5.74) is 18.5. The Morgan fingerprint density at radius 1 is 0.348 bits per heavy atom. The van der Waals surface area contributed by atoms with Gasteiger partial charge in [-0.2, -0.15) is 0 Å². The monoisotopic (exact) mass is 594 g/mol. The fourth-order valence-electron chi connectivity index (χ4n) is 6.50. The minimum absolute atomic E-state index is 0.915. The lowest BCUT2D eigenvalue weighted by atomic mass is 9.80. The largest absolute Gasteiger partial charge is 0.264 e. The Balaban J connectivity index is 1.31. The first kappa shape index (κ1) is 29.0. The summed E-state index contributed by atoms with van der Waals surface area (Å²) in [6, 6.07) is 33.8. The van der Waals surface area contributed by atoms with Crippen molar-refractivity contribution in [1.82, 2.24) is 19.9 Å². The van der Waals surface area contributed by atoms with Gasteiger partial charge in [-0.1, -0.05) is 60.7 Å². The molecule has 0 amide bonds. The van der Waals surface area contributed by atoms with Crippen molar-refractivity contribution in [2.75, 3.05) is 0 Å². The lowest BCUT2D eigenvalue weighted by Crippen LogP contribution is -2.02. The SMILES string of the molecule is Cc1c(C)c(-c2ccccc2-c2ccc(-c3cccnc3)nc2)c(C)c(C)c1-c1ccccc1-c1ccc(-c2cccnc2)nc1. The van der Waals surface area contributed by atoms with Gasteiger partial charge in [0.1, 0.15) is 0 Å². The lowest BCUT2D eigenvalue weighted by Gasteiger charge is -2.24. The molecule has 46 heavy (non-hydrogen) atoms. The van der Waals surface area contributed by atoms with Gasteiger partial charge >= 0.3 is 0 Å². The Bertz CT molecular complexity index is 1970. The first-order valence-electron chi connectivity index (χ1n) is 15.5. The number of nitrogens with zero attached hydrogens (tertiary/aromatic N) is 4. The average Bonchev–Trinajstić information content (AvgIpc) is 3.12. The van der Waals surface area contributed by atoms with Crippen LogP contribution in [0.15, 0.2) is 134 Å². The van der Waals surface area contributed by atoms with Crippen LogP contribution in [0.25, 0.3) is 67.0 Å². The highest BCUT2D eigenvalue weighted by Crippen LogP contribution is 2.44. The molecule has 0 bridgehead atoms. The van der Waals surface area contributed by atoms with E-state index < -0.39 is 0 Å². The molecule has 4 nitrogen and oxygen atoms in total. The Hall–Kier alpha value is -5.74. The number of benzene rings is 3. The van der Waals surface area contributed by atoms with Crippen molar-refractivity contribution < 1.29 is 0 Å². The summed E-state index contributed by atoms with van der Waals surface area (Å²) in [6.07, 6.45) is 11.2. The highest BCUT2D eigenvalue weighted by atomic mass is 14.7. The van der Waals surface area contributed by atoms with Crippen LogP contribution in [-0.2, 0) is 0 Å². The van der Waals surface area contributed by atoms with Crippen LogP contribution in [0.2, 0.25) is 0 Å². The van der Waals surface area contributed by atoms with Crippen LogP contribution in [0, 0.1) is 27.7 Å². The summed E-state index contributed by atoms with van der Waals surface area (Å²) in [5.74, 6) is 0. The second-order valence-electron chi connectivity index (χ2n) is 11.7. The van der Waals surface area contributed by atoms with Gasteiger partial charge in [-0.3, -0.25) is 19.9 Å². The maximum absolute atomic E-state index is 4.81. The molecule has 0 aliphatic rings. The fourth-order valence-corrected chi connectivity index (χ4v) is 6.50. The molecule has 0 aliphatic heterocycles. The second-order valence-corrected chi connectivity index (χ2v) is 11.7. The third-order valence-corrected chi connectivity index (χ3v) is 9.08. The van der Waals surface area contributed by atoms with Crippen LogP contribution in [-0.4, -0.2) is 19.9 Å². The molecule has 0 fully saturated rings. The van der Waals surface area contributed by atoms with Crippen molar-refractivity contribution in [3.63, 3.8) is 0 Å². The summed E-state index contributed by atoms with van der Waals surface area (Å²) in [6.45, 7) is 9.03. The first-order valence-corrected chi connectivity index (χ1v) is 15.5. The minimum atomic E-state index is 0.915. The van der Waals surface area contributed by atoms with E-state index >= 15 is 0 Å². The zero-order chi connectivity index (χ0) is 31.6. The van der Waals surface area contributed by atoms with E-state index in [4.69, 9.17) is 9.97 Å². The van der Waals surface area contributed by atoms with E-state index in [9.17, 15) is 0 Å². The molecular weight excluding hydrogens is 560 g/mol. The van der Waals surface area contributed by atoms with Gasteiger partial charge in [0.15, 0.2) is 0 Å². The molecule has 0 aliphatic carbocycles. The van der Waals surface area contributed by atoms with Crippen molar-refractivity contribution in [1.29, 1.82) is 0 Å². The van der Waals surface area contributed by atoms with Gasteiger partial charge in [-0.25, -0.2) is 0 Å². The maximum Gasteiger partial charge on any atom is 0.0717 e. The Labute approximate surface area is 270 Å². The fraction of sp³-hybridized carbons (Fsp3) is 0.0952. The van der Waals surface area contributed by atoms with Crippen LogP contribution < -0.4 is 0 Å². The Morgan fingerprint density at radius 3 is 1.07 bits per heavy atom. The number of rotatable bonds is 6. The van der Waals surface area contributed by atoms with Crippen LogP contribution in [0.5, 0.6) is 0 Å². The van der Waals surface area contributed by atoms with E-state index in [1.165, 1.54) is 55.6 Å². The molecule has 4 heterocycles. The molecule has 4 heteroatoms. The second kappa shape index (κ2) is 12.3. The van der Waals surface area contributed by atoms with E-state index in [1.807, 2.05) is 49.1 Å². The molecular formula is C42H34N4. The number of hydrogen-bond donors (Lipinski definition) is 0. The van der Waals surface area contributed by atoms with Crippen LogP contribution >= 0.6 is 0 Å². The third kappa shape index (κ3) is 5.28.